The van der Waals surface area contributed by atoms with E-state index in [2.05, 4.69) is 0 Å². The van der Waals surface area contributed by atoms with Gasteiger partial charge in [-0.15, -0.1) is 0 Å². The van der Waals surface area contributed by atoms with Crippen LogP contribution in [0, 0.1) is 0 Å². The molecule has 21 heavy (non-hydrogen) atoms. The molecule has 0 radical (unpaired) electrons. The number of benzene rings is 1. The molecule has 0 spiro atoms. The Morgan fingerprint density at radius 1 is 1.19 bits per heavy atom. The topological polar surface area (TPSA) is 97.4 Å². The lowest BCUT2D eigenvalue weighted by Crippen LogP contribution is -2.37. The van der Waals surface area contributed by atoms with E-state index in [-0.39, 0.29) is 22.6 Å². The number of amides is 1. The molecule has 3 N–H and O–H groups in total. The Balaban J connectivity index is 2.32. The van der Waals surface area contributed by atoms with Gasteiger partial charge in [0.25, 0.3) is 5.91 Å². The number of nitrogens with two attached hydrogens (primary N) is 1. The Labute approximate surface area is 118 Å². The van der Waals surface area contributed by atoms with Crippen molar-refractivity contribution in [3.63, 3.8) is 0 Å². The number of pyridine rings is 1. The van der Waals surface area contributed by atoms with E-state index < -0.39 is 11.5 Å². The van der Waals surface area contributed by atoms with Gasteiger partial charge in [-0.05, 0) is 18.2 Å². The highest BCUT2D eigenvalue weighted by molar-refractivity contribution is 5.92. The van der Waals surface area contributed by atoms with Crippen LogP contribution in [0.4, 0.5) is 0 Å². The fourth-order valence-corrected chi connectivity index (χ4v) is 2.11. The number of aromatic nitrogens is 1. The second kappa shape index (κ2) is 4.75. The Morgan fingerprint density at radius 2 is 1.95 bits per heavy atom. The minimum Gasteiger partial charge on any atom is -0.502 e. The predicted molar refractivity (Wildman–Crippen MR) is 74.2 cm³/mol. The molecular weight excluding hydrogens is 272 g/mol. The third kappa shape index (κ3) is 2.12. The summed E-state index contributed by atoms with van der Waals surface area (Å²) < 4.78 is 6.49. The van der Waals surface area contributed by atoms with Crippen molar-refractivity contribution < 1.29 is 18.9 Å². The van der Waals surface area contributed by atoms with Crippen molar-refractivity contribution in [3.8, 4) is 11.4 Å². The van der Waals surface area contributed by atoms with Crippen LogP contribution in [0.2, 0.25) is 0 Å². The van der Waals surface area contributed by atoms with Crippen LogP contribution in [-0.4, -0.2) is 11.0 Å². The summed E-state index contributed by atoms with van der Waals surface area (Å²) in [5.41, 5.74) is 4.93. The van der Waals surface area contributed by atoms with Crippen LogP contribution in [0.25, 0.3) is 16.7 Å². The van der Waals surface area contributed by atoms with E-state index in [1.54, 1.807) is 30.3 Å². The zero-order valence-electron chi connectivity index (χ0n) is 10.8. The first-order valence-electron chi connectivity index (χ1n) is 6.14. The number of rotatable bonds is 2. The third-order valence-electron chi connectivity index (χ3n) is 3.11. The van der Waals surface area contributed by atoms with Gasteiger partial charge >= 0.3 is 11.3 Å². The maximum atomic E-state index is 12.1. The SMILES string of the molecule is NC(=O)c1ccc[n+](-c2c(O)c3ccccc3oc2=O)c1. The summed E-state index contributed by atoms with van der Waals surface area (Å²) in [4.78, 5) is 23.3. The van der Waals surface area contributed by atoms with Crippen molar-refractivity contribution in [1.82, 2.24) is 0 Å². The van der Waals surface area contributed by atoms with E-state index >= 15 is 0 Å². The number of aromatic hydroxyl groups is 1. The zero-order chi connectivity index (χ0) is 15.0. The zero-order valence-corrected chi connectivity index (χ0v) is 10.8. The smallest absolute Gasteiger partial charge is 0.413 e. The first kappa shape index (κ1) is 12.9. The molecule has 0 aliphatic rings. The predicted octanol–water partition coefficient (Wildman–Crippen LogP) is 0.874. The van der Waals surface area contributed by atoms with Crippen LogP contribution < -0.4 is 15.9 Å². The van der Waals surface area contributed by atoms with Gasteiger partial charge in [-0.1, -0.05) is 12.1 Å². The highest BCUT2D eigenvalue weighted by Gasteiger charge is 2.23. The molecule has 1 amide bonds. The molecule has 0 saturated heterocycles. The number of primary amides is 1. The van der Waals surface area contributed by atoms with Crippen molar-refractivity contribution in [1.29, 1.82) is 0 Å². The van der Waals surface area contributed by atoms with Crippen molar-refractivity contribution in [2.75, 3.05) is 0 Å². The lowest BCUT2D eigenvalue weighted by atomic mass is 10.2. The molecule has 3 aromatic rings. The van der Waals surface area contributed by atoms with E-state index in [0.717, 1.165) is 0 Å². The summed E-state index contributed by atoms with van der Waals surface area (Å²) in [5.74, 6) is -0.845. The molecule has 6 heteroatoms. The van der Waals surface area contributed by atoms with Gasteiger partial charge in [-0.2, -0.15) is 4.57 Å². The van der Waals surface area contributed by atoms with Gasteiger partial charge in [-0.3, -0.25) is 4.79 Å². The quantitative estimate of drug-likeness (QED) is 0.538. The normalized spacial score (nSPS) is 10.7. The van der Waals surface area contributed by atoms with Crippen LogP contribution >= 0.6 is 0 Å². The van der Waals surface area contributed by atoms with Crippen molar-refractivity contribution in [3.05, 3.63) is 64.8 Å². The minimum absolute atomic E-state index is 0.0724. The number of hydrogen-bond donors (Lipinski definition) is 2. The molecule has 2 heterocycles. The number of nitrogens with zero attached hydrogens (tertiary/aromatic N) is 1. The Bertz CT molecular complexity index is 915. The molecule has 1 aromatic carbocycles. The largest absolute Gasteiger partial charge is 0.502 e. The average Bonchev–Trinajstić information content (AvgIpc) is 2.47. The van der Waals surface area contributed by atoms with E-state index in [4.69, 9.17) is 10.2 Å². The third-order valence-corrected chi connectivity index (χ3v) is 3.11. The standard InChI is InChI=1S/C15H10N2O4/c16-14(19)9-4-3-7-17(8-9)12-13(18)10-5-1-2-6-11(10)21-15(12)20/h1-8H,(H2-,16,18,19,20)/p+1. The minimum atomic E-state index is -0.710. The van der Waals surface area contributed by atoms with Gasteiger partial charge in [0.2, 0.25) is 5.75 Å². The molecule has 0 aliphatic carbocycles. The molecule has 3 rings (SSSR count). The number of para-hydroxylation sites is 1. The summed E-state index contributed by atoms with van der Waals surface area (Å²) in [6, 6.07) is 9.70. The maximum Gasteiger partial charge on any atom is 0.413 e. The molecule has 0 atom stereocenters. The fraction of sp³-hybridized carbons (Fsp3) is 0. The highest BCUT2D eigenvalue weighted by atomic mass is 16.4. The van der Waals surface area contributed by atoms with E-state index in [1.165, 1.54) is 23.0 Å². The number of carbonyl (C=O) groups excluding carboxylic acids is 1. The molecule has 0 saturated carbocycles. The molecule has 0 fully saturated rings. The summed E-state index contributed by atoms with van der Waals surface area (Å²) in [6.45, 7) is 0. The highest BCUT2D eigenvalue weighted by Crippen LogP contribution is 2.25. The van der Waals surface area contributed by atoms with Crippen molar-refractivity contribution >= 4 is 16.9 Å². The van der Waals surface area contributed by atoms with Crippen LogP contribution in [-0.2, 0) is 0 Å². The number of carbonyl (C=O) groups is 1. The van der Waals surface area contributed by atoms with Gasteiger partial charge in [0, 0.05) is 6.07 Å². The van der Waals surface area contributed by atoms with E-state index in [0.29, 0.717) is 5.39 Å². The number of fused-ring (bicyclic) bond motifs is 1. The molecule has 104 valence electrons. The van der Waals surface area contributed by atoms with Crippen LogP contribution in [0.15, 0.2) is 58.0 Å². The summed E-state index contributed by atoms with van der Waals surface area (Å²) >= 11 is 0. The molecular formula is C15H11N2O4+. The summed E-state index contributed by atoms with van der Waals surface area (Å²) in [6.07, 6.45) is 2.89. The van der Waals surface area contributed by atoms with Crippen LogP contribution in [0.1, 0.15) is 10.4 Å². The lowest BCUT2D eigenvalue weighted by molar-refractivity contribution is -0.598. The average molecular weight is 283 g/mol. The van der Waals surface area contributed by atoms with Crippen LogP contribution in [0.3, 0.4) is 0 Å². The van der Waals surface area contributed by atoms with E-state index in [9.17, 15) is 14.7 Å². The molecule has 2 aromatic heterocycles. The first-order valence-corrected chi connectivity index (χ1v) is 6.14. The fourth-order valence-electron chi connectivity index (χ4n) is 2.11. The van der Waals surface area contributed by atoms with Gasteiger partial charge in [0.05, 0.1) is 5.39 Å². The Morgan fingerprint density at radius 3 is 2.71 bits per heavy atom. The van der Waals surface area contributed by atoms with Gasteiger partial charge in [0.15, 0.2) is 12.4 Å². The van der Waals surface area contributed by atoms with Crippen molar-refractivity contribution in [2.45, 2.75) is 0 Å². The van der Waals surface area contributed by atoms with Crippen molar-refractivity contribution in [2.24, 2.45) is 5.73 Å². The second-order valence-corrected chi connectivity index (χ2v) is 4.45. The Kier molecular flexibility index (Phi) is 2.91. The van der Waals surface area contributed by atoms with Gasteiger partial charge in [-0.25, -0.2) is 4.79 Å². The van der Waals surface area contributed by atoms with Gasteiger partial charge in [0.1, 0.15) is 11.1 Å². The molecule has 0 bridgehead atoms. The monoisotopic (exact) mass is 283 g/mol. The summed E-state index contributed by atoms with van der Waals surface area (Å²) in [7, 11) is 0. The van der Waals surface area contributed by atoms with Crippen LogP contribution in [0.5, 0.6) is 5.75 Å². The Hall–Kier alpha value is -3.15. The van der Waals surface area contributed by atoms with Gasteiger partial charge < -0.3 is 15.3 Å². The maximum absolute atomic E-state index is 12.1. The molecule has 6 nitrogen and oxygen atoms in total. The lowest BCUT2D eigenvalue weighted by Gasteiger charge is -2.02. The number of hydrogen-bond acceptors (Lipinski definition) is 4. The molecule has 0 unspecified atom stereocenters. The summed E-state index contributed by atoms with van der Waals surface area (Å²) in [5, 5.41) is 10.7. The van der Waals surface area contributed by atoms with E-state index in [1.807, 2.05) is 0 Å². The second-order valence-electron chi connectivity index (χ2n) is 4.45. The molecule has 0 aliphatic heterocycles. The first-order chi connectivity index (χ1) is 10.1.